The van der Waals surface area contributed by atoms with Crippen LogP contribution < -0.4 is 5.32 Å². The first-order valence-electron chi connectivity index (χ1n) is 3.62. The molecule has 0 aliphatic carbocycles. The van der Waals surface area contributed by atoms with Crippen LogP contribution in [0.4, 0.5) is 0 Å². The van der Waals surface area contributed by atoms with Crippen LogP contribution in [0.5, 0.6) is 0 Å². The Morgan fingerprint density at radius 2 is 2.45 bits per heavy atom. The first-order valence-corrected chi connectivity index (χ1v) is 4.41. The second-order valence-corrected chi connectivity index (χ2v) is 3.10. The predicted octanol–water partition coefficient (Wildman–Crippen LogP) is 1.29. The van der Waals surface area contributed by atoms with Crippen molar-refractivity contribution < 1.29 is 0 Å². The highest BCUT2D eigenvalue weighted by Crippen LogP contribution is 2.07. The molecule has 0 amide bonds. The normalized spacial score (nSPS) is 10.5. The zero-order chi connectivity index (χ0) is 8.27. The molecule has 0 saturated heterocycles. The van der Waals surface area contributed by atoms with Crippen LogP contribution in [0, 0.1) is 0 Å². The van der Waals surface area contributed by atoms with Gasteiger partial charge >= 0.3 is 0 Å². The van der Waals surface area contributed by atoms with Crippen molar-refractivity contribution in [2.75, 3.05) is 6.54 Å². The molecular formula is C7H12BrN3. The van der Waals surface area contributed by atoms with E-state index in [1.54, 1.807) is 0 Å². The topological polar surface area (TPSA) is 29.9 Å². The summed E-state index contributed by atoms with van der Waals surface area (Å²) >= 11 is 3.33. The van der Waals surface area contributed by atoms with Crippen LogP contribution in [0.3, 0.4) is 0 Å². The number of aryl methyl sites for hydroxylation is 1. The van der Waals surface area contributed by atoms with Crippen molar-refractivity contribution >= 4 is 15.9 Å². The molecule has 4 heteroatoms. The summed E-state index contributed by atoms with van der Waals surface area (Å²) in [5.74, 6) is 0. The molecule has 1 aromatic rings. The predicted molar refractivity (Wildman–Crippen MR) is 48.3 cm³/mol. The zero-order valence-electron chi connectivity index (χ0n) is 6.76. The van der Waals surface area contributed by atoms with E-state index in [0.717, 1.165) is 23.5 Å². The largest absolute Gasteiger partial charge is 0.328 e. The van der Waals surface area contributed by atoms with E-state index in [4.69, 9.17) is 0 Å². The number of halogens is 1. The molecular weight excluding hydrogens is 206 g/mol. The number of rotatable bonds is 3. The van der Waals surface area contributed by atoms with Gasteiger partial charge < -0.3 is 9.88 Å². The molecule has 0 unspecified atom stereocenters. The lowest BCUT2D eigenvalue weighted by Gasteiger charge is -1.94. The molecule has 11 heavy (non-hydrogen) atoms. The Labute approximate surface area is 74.9 Å². The van der Waals surface area contributed by atoms with Crippen LogP contribution in [0.1, 0.15) is 12.6 Å². The summed E-state index contributed by atoms with van der Waals surface area (Å²) in [4.78, 5) is 4.26. The lowest BCUT2D eigenvalue weighted by Crippen LogP contribution is -2.11. The van der Waals surface area contributed by atoms with Gasteiger partial charge in [0.05, 0.1) is 5.69 Å². The van der Waals surface area contributed by atoms with E-state index < -0.39 is 0 Å². The molecule has 62 valence electrons. The van der Waals surface area contributed by atoms with Crippen molar-refractivity contribution in [2.45, 2.75) is 13.5 Å². The van der Waals surface area contributed by atoms with Crippen LogP contribution in [-0.2, 0) is 13.6 Å². The summed E-state index contributed by atoms with van der Waals surface area (Å²) < 4.78 is 2.83. The minimum absolute atomic E-state index is 0.843. The number of imidazole rings is 1. The summed E-state index contributed by atoms with van der Waals surface area (Å²) in [7, 11) is 1.96. The Morgan fingerprint density at radius 1 is 1.73 bits per heavy atom. The van der Waals surface area contributed by atoms with E-state index in [1.165, 1.54) is 0 Å². The molecule has 0 aromatic carbocycles. The van der Waals surface area contributed by atoms with Gasteiger partial charge in [-0.2, -0.15) is 0 Å². The maximum absolute atomic E-state index is 4.26. The van der Waals surface area contributed by atoms with Crippen LogP contribution >= 0.6 is 15.9 Å². The number of hydrogen-bond acceptors (Lipinski definition) is 2. The third-order valence-electron chi connectivity index (χ3n) is 1.43. The highest BCUT2D eigenvalue weighted by atomic mass is 79.9. The lowest BCUT2D eigenvalue weighted by atomic mass is 10.5. The van der Waals surface area contributed by atoms with Gasteiger partial charge in [0.2, 0.25) is 0 Å². The molecule has 0 aliphatic rings. The Kier molecular flexibility index (Phi) is 3.08. The maximum Gasteiger partial charge on any atom is 0.177 e. The monoisotopic (exact) mass is 217 g/mol. The van der Waals surface area contributed by atoms with Crippen LogP contribution in [0.25, 0.3) is 0 Å². The van der Waals surface area contributed by atoms with E-state index >= 15 is 0 Å². The van der Waals surface area contributed by atoms with Gasteiger partial charge in [-0.05, 0) is 22.5 Å². The molecule has 1 heterocycles. The second kappa shape index (κ2) is 3.88. The fraction of sp³-hybridized carbons (Fsp3) is 0.571. The van der Waals surface area contributed by atoms with Gasteiger partial charge in [0.15, 0.2) is 4.73 Å². The number of hydrogen-bond donors (Lipinski definition) is 1. The fourth-order valence-corrected chi connectivity index (χ4v) is 1.17. The molecule has 0 bridgehead atoms. The van der Waals surface area contributed by atoms with Crippen molar-refractivity contribution in [3.8, 4) is 0 Å². The number of nitrogens with zero attached hydrogens (tertiary/aromatic N) is 2. The Balaban J connectivity index is 2.58. The van der Waals surface area contributed by atoms with Gasteiger partial charge in [-0.15, -0.1) is 0 Å². The quantitative estimate of drug-likeness (QED) is 0.828. The lowest BCUT2D eigenvalue weighted by molar-refractivity contribution is 0.713. The van der Waals surface area contributed by atoms with Crippen LogP contribution in [0.15, 0.2) is 10.9 Å². The molecule has 3 nitrogen and oxygen atoms in total. The molecule has 1 N–H and O–H groups in total. The Bertz CT molecular complexity index is 212. The van der Waals surface area contributed by atoms with Crippen molar-refractivity contribution in [3.63, 3.8) is 0 Å². The minimum Gasteiger partial charge on any atom is -0.328 e. The van der Waals surface area contributed by atoms with Gasteiger partial charge in [0, 0.05) is 19.8 Å². The first-order chi connectivity index (χ1) is 5.24. The highest BCUT2D eigenvalue weighted by Gasteiger charge is 1.99. The van der Waals surface area contributed by atoms with Crippen LogP contribution in [-0.4, -0.2) is 16.1 Å². The standard InChI is InChI=1S/C7H12BrN3/c1-3-9-4-6-5-11(2)7(8)10-6/h5,9H,3-4H2,1-2H3. The van der Waals surface area contributed by atoms with E-state index in [1.807, 2.05) is 17.8 Å². The maximum atomic E-state index is 4.26. The summed E-state index contributed by atoms with van der Waals surface area (Å²) in [6.07, 6.45) is 2.01. The van der Waals surface area contributed by atoms with Crippen molar-refractivity contribution in [2.24, 2.45) is 7.05 Å². The zero-order valence-corrected chi connectivity index (χ0v) is 8.35. The average molecular weight is 218 g/mol. The average Bonchev–Trinajstić information content (AvgIpc) is 2.28. The Hall–Kier alpha value is -0.350. The van der Waals surface area contributed by atoms with Gasteiger partial charge in [-0.3, -0.25) is 0 Å². The molecule has 0 saturated carbocycles. The number of nitrogens with one attached hydrogen (secondary N) is 1. The summed E-state index contributed by atoms with van der Waals surface area (Å²) in [6.45, 7) is 3.90. The molecule has 0 fully saturated rings. The SMILES string of the molecule is CCNCc1cn(C)c(Br)n1. The van der Waals surface area contributed by atoms with Gasteiger partial charge in [0.25, 0.3) is 0 Å². The van der Waals surface area contributed by atoms with Gasteiger partial charge in [-0.1, -0.05) is 6.92 Å². The molecule has 1 rings (SSSR count). The van der Waals surface area contributed by atoms with E-state index in [9.17, 15) is 0 Å². The van der Waals surface area contributed by atoms with Crippen molar-refractivity contribution in [3.05, 3.63) is 16.6 Å². The third kappa shape index (κ3) is 2.31. The van der Waals surface area contributed by atoms with E-state index in [0.29, 0.717) is 0 Å². The fourth-order valence-electron chi connectivity index (χ4n) is 0.841. The van der Waals surface area contributed by atoms with Crippen molar-refractivity contribution in [1.29, 1.82) is 0 Å². The van der Waals surface area contributed by atoms with E-state index in [2.05, 4.69) is 33.2 Å². The molecule has 0 radical (unpaired) electrons. The highest BCUT2D eigenvalue weighted by molar-refractivity contribution is 9.10. The second-order valence-electron chi connectivity index (χ2n) is 2.39. The van der Waals surface area contributed by atoms with Gasteiger partial charge in [-0.25, -0.2) is 4.98 Å². The van der Waals surface area contributed by atoms with Gasteiger partial charge in [0.1, 0.15) is 0 Å². The summed E-state index contributed by atoms with van der Waals surface area (Å²) in [5, 5.41) is 3.21. The third-order valence-corrected chi connectivity index (χ3v) is 2.16. The van der Waals surface area contributed by atoms with Crippen LogP contribution in [0.2, 0.25) is 0 Å². The minimum atomic E-state index is 0.843. The smallest absolute Gasteiger partial charge is 0.177 e. The first kappa shape index (κ1) is 8.74. The van der Waals surface area contributed by atoms with E-state index in [-0.39, 0.29) is 0 Å². The molecule has 1 aromatic heterocycles. The van der Waals surface area contributed by atoms with Crippen molar-refractivity contribution in [1.82, 2.24) is 14.9 Å². The molecule has 0 atom stereocenters. The number of aromatic nitrogens is 2. The molecule has 0 spiro atoms. The Morgan fingerprint density at radius 3 is 2.91 bits per heavy atom. The summed E-state index contributed by atoms with van der Waals surface area (Å²) in [6, 6.07) is 0. The molecule has 0 aliphatic heterocycles. The summed E-state index contributed by atoms with van der Waals surface area (Å²) in [5.41, 5.74) is 1.07.